The van der Waals surface area contributed by atoms with Gasteiger partial charge in [0.05, 0.1) is 122 Å². The van der Waals surface area contributed by atoms with Gasteiger partial charge in [-0.1, -0.05) is 5.21 Å². The minimum atomic E-state index is -1.48. The fraction of sp³-hybridized carbons (Fsp3) is 0.676. The van der Waals surface area contributed by atoms with Gasteiger partial charge in [-0.05, 0) is 54.3 Å². The largest absolute Gasteiger partial charge is 0.481 e. The van der Waals surface area contributed by atoms with Crippen molar-refractivity contribution in [2.24, 2.45) is 0 Å². The number of aryl methyl sites for hydroxylation is 1. The number of halogens is 1. The van der Waals surface area contributed by atoms with E-state index in [0.29, 0.717) is 118 Å². The van der Waals surface area contributed by atoms with Crippen LogP contribution in [0.25, 0.3) is 0 Å². The zero-order valence-corrected chi connectivity index (χ0v) is 37.8. The van der Waals surface area contributed by atoms with Crippen molar-refractivity contribution < 1.29 is 82.2 Å². The van der Waals surface area contributed by atoms with E-state index in [1.807, 2.05) is 0 Å². The Morgan fingerprint density at radius 1 is 0.677 bits per heavy atom. The lowest BCUT2D eigenvalue weighted by molar-refractivity contribution is -0.393. The highest BCUT2D eigenvalue weighted by atomic mass is 127. The lowest BCUT2D eigenvalue weighted by Gasteiger charge is -2.18. The molecule has 0 bridgehead atoms. The van der Waals surface area contributed by atoms with Crippen molar-refractivity contribution in [1.29, 1.82) is 0 Å². The van der Waals surface area contributed by atoms with Crippen LogP contribution in [-0.4, -0.2) is 182 Å². The lowest BCUT2D eigenvalue weighted by Crippen LogP contribution is -2.51. The summed E-state index contributed by atoms with van der Waals surface area (Å²) in [5.74, 6) is -3.97. The predicted molar refractivity (Wildman–Crippen MR) is 232 cm³/mol. The number of carbonyl (C=O) groups is 4. The molecular formula is C37H57IN8O19. The molecule has 0 radical (unpaired) electrons. The van der Waals surface area contributed by atoms with Crippen molar-refractivity contribution in [2.75, 3.05) is 111 Å². The third-order valence-corrected chi connectivity index (χ3v) is 9.68. The first-order chi connectivity index (χ1) is 31.3. The van der Waals surface area contributed by atoms with E-state index in [0.717, 1.165) is 9.77 Å². The van der Waals surface area contributed by atoms with E-state index in [9.17, 15) is 49.6 Å². The van der Waals surface area contributed by atoms with Gasteiger partial charge in [0.1, 0.15) is 27.2 Å². The number of amides is 2. The molecule has 2 rings (SSSR count). The SMILES string of the molecule is O=C(O)CC[C@H](NC(=O)N[C@@H](CCCCn1nnc(COCCOCCOCCOCCOCCOCCOCCOCCNc2ccc([N+](=O)[O-])cc2[N+](=O)[O-])c1I)C(=O)O)C(=O)O. The Labute approximate surface area is 386 Å². The van der Waals surface area contributed by atoms with Crippen molar-refractivity contribution in [3.63, 3.8) is 0 Å². The van der Waals surface area contributed by atoms with Crippen LogP contribution < -0.4 is 16.0 Å². The minimum absolute atomic E-state index is 0.0615. The molecule has 65 heavy (non-hydrogen) atoms. The molecule has 0 saturated heterocycles. The molecule has 0 saturated carbocycles. The van der Waals surface area contributed by atoms with E-state index in [1.165, 1.54) is 12.1 Å². The lowest BCUT2D eigenvalue weighted by atomic mass is 10.1. The van der Waals surface area contributed by atoms with Gasteiger partial charge in [-0.15, -0.1) is 5.10 Å². The summed E-state index contributed by atoms with van der Waals surface area (Å²) in [4.78, 5) is 66.5. The molecule has 0 aliphatic heterocycles. The number of carboxylic acid groups (broad SMARTS) is 3. The maximum Gasteiger partial charge on any atom is 0.326 e. The number of benzene rings is 1. The highest BCUT2D eigenvalue weighted by Crippen LogP contribution is 2.28. The summed E-state index contributed by atoms with van der Waals surface area (Å²) < 4.78 is 46.3. The van der Waals surface area contributed by atoms with E-state index in [2.05, 4.69) is 48.9 Å². The van der Waals surface area contributed by atoms with Gasteiger partial charge < -0.3 is 69.2 Å². The summed E-state index contributed by atoms with van der Waals surface area (Å²) in [5, 5.41) is 64.8. The normalized spacial score (nSPS) is 12.1. The molecule has 0 unspecified atom stereocenters. The Bertz CT molecular complexity index is 1740. The number of carbonyl (C=O) groups excluding carboxylic acids is 1. The van der Waals surface area contributed by atoms with Crippen molar-refractivity contribution in [3.05, 3.63) is 47.8 Å². The van der Waals surface area contributed by atoms with Crippen molar-refractivity contribution >= 4 is 63.6 Å². The number of ether oxygens (including phenoxy) is 8. The number of nitrogens with one attached hydrogen (secondary N) is 3. The smallest absolute Gasteiger partial charge is 0.326 e. The van der Waals surface area contributed by atoms with Crippen LogP contribution in [0.2, 0.25) is 0 Å². The molecule has 0 aliphatic carbocycles. The standard InChI is InChI=1S/C37H57IN8O19/c38-34-31(42-43-44(34)9-2-1-3-29(35(49)50)40-37(53)41-30(36(51)52)6-7-33(47)48)26-65-24-23-64-22-21-63-20-19-62-18-17-61-16-15-60-14-13-59-12-11-58-10-8-39-28-5-4-27(45(54)55)25-32(28)46(56)57/h4-5,25,29-30,39H,1-3,6-24,26H2,(H,47,48)(H,49,50)(H,51,52)(H2,40,41,53)/t29-,30-/m0/s1. The third kappa shape index (κ3) is 26.0. The molecule has 27 nitrogen and oxygen atoms in total. The number of nitro benzene ring substituents is 2. The molecule has 0 fully saturated rings. The van der Waals surface area contributed by atoms with E-state index in [-0.39, 0.29) is 49.7 Å². The Balaban J connectivity index is 1.35. The van der Waals surface area contributed by atoms with Crippen LogP contribution in [0.3, 0.4) is 0 Å². The summed E-state index contributed by atoms with van der Waals surface area (Å²) in [6.45, 7) is 6.35. The number of aromatic nitrogens is 3. The molecule has 366 valence electrons. The zero-order valence-electron chi connectivity index (χ0n) is 35.6. The van der Waals surface area contributed by atoms with E-state index in [1.54, 1.807) is 4.68 Å². The number of unbranched alkanes of at least 4 members (excludes halogenated alkanes) is 1. The first-order valence-corrected chi connectivity index (χ1v) is 21.5. The first-order valence-electron chi connectivity index (χ1n) is 20.4. The number of urea groups is 1. The molecule has 0 spiro atoms. The van der Waals surface area contributed by atoms with Gasteiger partial charge in [-0.3, -0.25) is 25.0 Å². The maximum atomic E-state index is 12.2. The van der Waals surface area contributed by atoms with Crippen molar-refractivity contribution in [1.82, 2.24) is 25.6 Å². The van der Waals surface area contributed by atoms with E-state index in [4.69, 9.17) is 43.0 Å². The molecule has 1 aromatic carbocycles. The topological polar surface area (TPSA) is 356 Å². The molecule has 2 atom stereocenters. The predicted octanol–water partition coefficient (Wildman–Crippen LogP) is 1.68. The van der Waals surface area contributed by atoms with Gasteiger partial charge >= 0.3 is 23.9 Å². The number of hydrogen-bond donors (Lipinski definition) is 6. The molecule has 1 heterocycles. The van der Waals surface area contributed by atoms with Gasteiger partial charge in [-0.25, -0.2) is 19.1 Å². The molecule has 28 heteroatoms. The number of aliphatic carboxylic acids is 3. The monoisotopic (exact) mass is 1040 g/mol. The van der Waals surface area contributed by atoms with Crippen LogP contribution in [0, 0.1) is 23.9 Å². The molecule has 0 aliphatic rings. The number of hydrogen-bond acceptors (Lipinski definition) is 19. The number of carboxylic acids is 3. The number of rotatable bonds is 41. The van der Waals surface area contributed by atoms with Crippen molar-refractivity contribution in [3.8, 4) is 0 Å². The Morgan fingerprint density at radius 2 is 1.15 bits per heavy atom. The second kappa shape index (κ2) is 34.4. The maximum absolute atomic E-state index is 12.2. The summed E-state index contributed by atoms with van der Waals surface area (Å²) in [7, 11) is 0. The average Bonchev–Trinajstić information content (AvgIpc) is 3.61. The number of nitrogens with zero attached hydrogens (tertiary/aromatic N) is 5. The van der Waals surface area contributed by atoms with E-state index >= 15 is 0 Å². The quantitative estimate of drug-likeness (QED) is 0.0239. The molecule has 2 amide bonds. The summed E-state index contributed by atoms with van der Waals surface area (Å²) in [6, 6.07) is -0.412. The summed E-state index contributed by atoms with van der Waals surface area (Å²) in [5.41, 5.74) is 0.0418. The first kappa shape index (κ1) is 56.2. The number of nitro groups is 2. The van der Waals surface area contributed by atoms with Crippen LogP contribution in [0.1, 0.15) is 37.8 Å². The summed E-state index contributed by atoms with van der Waals surface area (Å²) >= 11 is 2.09. The second-order valence-electron chi connectivity index (χ2n) is 13.4. The number of non-ortho nitro benzene ring substituents is 1. The second-order valence-corrected chi connectivity index (χ2v) is 14.4. The van der Waals surface area contributed by atoms with Crippen molar-refractivity contribution in [2.45, 2.75) is 57.3 Å². The number of anilines is 1. The van der Waals surface area contributed by atoms with Crippen LogP contribution >= 0.6 is 22.6 Å². The summed E-state index contributed by atoms with van der Waals surface area (Å²) in [6.07, 6.45) is 0.124. The Morgan fingerprint density at radius 3 is 1.62 bits per heavy atom. The fourth-order valence-corrected chi connectivity index (χ4v) is 5.82. The average molecular weight is 1040 g/mol. The highest BCUT2D eigenvalue weighted by molar-refractivity contribution is 14.1. The fourth-order valence-electron chi connectivity index (χ4n) is 5.22. The van der Waals surface area contributed by atoms with Gasteiger partial charge in [0.25, 0.3) is 11.4 Å². The van der Waals surface area contributed by atoms with E-state index < -0.39 is 52.3 Å². The Hall–Kier alpha value is -4.95. The van der Waals surface area contributed by atoms with Crippen LogP contribution in [0.4, 0.5) is 21.9 Å². The Kier molecular flexibility index (Phi) is 29.7. The minimum Gasteiger partial charge on any atom is -0.481 e. The zero-order chi connectivity index (χ0) is 47.7. The van der Waals surface area contributed by atoms with Crippen LogP contribution in [-0.2, 0) is 65.4 Å². The van der Waals surface area contributed by atoms with Gasteiger partial charge in [0, 0.05) is 25.6 Å². The molecular weight excluding hydrogens is 987 g/mol. The highest BCUT2D eigenvalue weighted by Gasteiger charge is 2.25. The molecule has 1 aromatic heterocycles. The molecule has 6 N–H and O–H groups in total. The van der Waals surface area contributed by atoms with Gasteiger partial charge in [-0.2, -0.15) is 0 Å². The van der Waals surface area contributed by atoms with Crippen LogP contribution in [0.5, 0.6) is 0 Å². The van der Waals surface area contributed by atoms with Gasteiger partial charge in [0.2, 0.25) is 0 Å². The third-order valence-electron chi connectivity index (χ3n) is 8.50. The van der Waals surface area contributed by atoms with Gasteiger partial charge in [0.15, 0.2) is 0 Å². The molecule has 2 aromatic rings. The van der Waals surface area contributed by atoms with Crippen LogP contribution in [0.15, 0.2) is 18.2 Å².